The monoisotopic (exact) mass is 290 g/mol. The molecule has 1 N–H and O–H groups in total. The minimum absolute atomic E-state index is 0.364. The maximum atomic E-state index is 8.39. The smallest absolute Gasteiger partial charge is 0.0912 e. The van der Waals surface area contributed by atoms with Gasteiger partial charge in [-0.25, -0.2) is 0 Å². The molecule has 0 radical (unpaired) electrons. The van der Waals surface area contributed by atoms with Gasteiger partial charge in [0.15, 0.2) is 0 Å². The predicted molar refractivity (Wildman–Crippen MR) is 88.6 cm³/mol. The van der Waals surface area contributed by atoms with Crippen molar-refractivity contribution in [2.24, 2.45) is 5.92 Å². The van der Waals surface area contributed by atoms with E-state index in [1.807, 2.05) is 0 Å². The van der Waals surface area contributed by atoms with Gasteiger partial charge in [-0.2, -0.15) is 0 Å². The third-order valence-electron chi connectivity index (χ3n) is 3.75. The van der Waals surface area contributed by atoms with E-state index in [4.69, 9.17) is 4.78 Å². The number of benzene rings is 1. The minimum Gasteiger partial charge on any atom is -0.361 e. The van der Waals surface area contributed by atoms with Crippen LogP contribution in [0.5, 0.6) is 0 Å². The van der Waals surface area contributed by atoms with Gasteiger partial charge in [-0.3, -0.25) is 4.78 Å². The van der Waals surface area contributed by atoms with Crippen LogP contribution in [0, 0.1) is 10.7 Å². The van der Waals surface area contributed by atoms with Crippen LogP contribution in [-0.4, -0.2) is 16.8 Å². The van der Waals surface area contributed by atoms with E-state index >= 15 is 0 Å². The zero-order chi connectivity index (χ0) is 14.5. The van der Waals surface area contributed by atoms with E-state index in [-0.39, 0.29) is 10.7 Å². The number of allylic oxidation sites excluding steroid dienone is 1. The summed E-state index contributed by atoms with van der Waals surface area (Å²) in [6.07, 6.45) is 3.40. The summed E-state index contributed by atoms with van der Waals surface area (Å²) in [6, 6.07) is 10.6. The summed E-state index contributed by atoms with van der Waals surface area (Å²) < 4.78 is 8.39. The summed E-state index contributed by atoms with van der Waals surface area (Å²) in [4.78, 5) is 2.51. The number of nitrogens with zero attached hydrogens (tertiary/aromatic N) is 1. The van der Waals surface area contributed by atoms with Crippen molar-refractivity contribution in [3.63, 3.8) is 0 Å². The Bertz CT molecular complexity index is 479. The van der Waals surface area contributed by atoms with Crippen LogP contribution in [0.2, 0.25) is 0 Å². The molecular formula is C17H26N2S. The van der Waals surface area contributed by atoms with Crippen LogP contribution in [0.3, 0.4) is 0 Å². The molecule has 2 unspecified atom stereocenters. The highest BCUT2D eigenvalue weighted by Gasteiger charge is 2.31. The standard InChI is InChI=1S/C17H26N2S/c1-4-5-11-19-16(12-15-9-7-6-8-10-15)13-20(18)17(19)14(2)3/h6-10,13-14,17-18H,4-5,11-12H2,1-3H3. The molecule has 2 atom stereocenters. The van der Waals surface area contributed by atoms with E-state index < -0.39 is 0 Å². The molecule has 0 aliphatic carbocycles. The lowest BCUT2D eigenvalue weighted by Gasteiger charge is -2.32. The average Bonchev–Trinajstić information content (AvgIpc) is 2.73. The maximum Gasteiger partial charge on any atom is 0.0912 e. The number of rotatable bonds is 6. The maximum absolute atomic E-state index is 8.39. The highest BCUT2D eigenvalue weighted by Crippen LogP contribution is 2.30. The van der Waals surface area contributed by atoms with Gasteiger partial charge in [0.1, 0.15) is 0 Å². The first kappa shape index (κ1) is 15.3. The van der Waals surface area contributed by atoms with Crippen molar-refractivity contribution in [1.29, 1.82) is 4.78 Å². The third-order valence-corrected chi connectivity index (χ3v) is 5.60. The fourth-order valence-electron chi connectivity index (χ4n) is 2.79. The molecule has 1 aromatic carbocycles. The summed E-state index contributed by atoms with van der Waals surface area (Å²) in [6.45, 7) is 7.83. The molecule has 3 heteroatoms. The molecule has 2 nitrogen and oxygen atoms in total. The van der Waals surface area contributed by atoms with Gasteiger partial charge < -0.3 is 4.90 Å². The Hall–Kier alpha value is -1.09. The van der Waals surface area contributed by atoms with Crippen LogP contribution in [0.1, 0.15) is 39.2 Å². The molecule has 1 aliphatic heterocycles. The van der Waals surface area contributed by atoms with Gasteiger partial charge in [-0.1, -0.05) is 68.2 Å². The minimum atomic E-state index is -0.364. The molecule has 0 aromatic heterocycles. The largest absolute Gasteiger partial charge is 0.361 e. The van der Waals surface area contributed by atoms with Crippen LogP contribution in [0.4, 0.5) is 0 Å². The zero-order valence-corrected chi connectivity index (χ0v) is 13.6. The van der Waals surface area contributed by atoms with Crippen molar-refractivity contribution in [2.45, 2.75) is 45.4 Å². The van der Waals surface area contributed by atoms with E-state index in [1.165, 1.54) is 24.1 Å². The quantitative estimate of drug-likeness (QED) is 0.817. The summed E-state index contributed by atoms with van der Waals surface area (Å²) in [5.74, 6) is 0.539. The molecule has 0 bridgehead atoms. The first-order valence-electron chi connectivity index (χ1n) is 7.58. The predicted octanol–water partition coefficient (Wildman–Crippen LogP) is 4.55. The SMILES string of the molecule is CCCCN1C(Cc2ccccc2)=CS(=N)C1C(C)C. The number of hydrogen-bond donors (Lipinski definition) is 1. The van der Waals surface area contributed by atoms with E-state index in [9.17, 15) is 0 Å². The molecule has 0 amide bonds. The van der Waals surface area contributed by atoms with E-state index in [0.29, 0.717) is 11.3 Å². The molecule has 2 rings (SSSR count). The van der Waals surface area contributed by atoms with E-state index in [1.54, 1.807) is 0 Å². The first-order chi connectivity index (χ1) is 9.63. The molecule has 0 saturated heterocycles. The molecule has 0 spiro atoms. The number of hydrogen-bond acceptors (Lipinski definition) is 2. The topological polar surface area (TPSA) is 27.1 Å². The Morgan fingerprint density at radius 1 is 1.25 bits per heavy atom. The molecule has 110 valence electrons. The number of nitrogens with one attached hydrogen (secondary N) is 1. The van der Waals surface area contributed by atoms with Crippen LogP contribution >= 0.6 is 0 Å². The van der Waals surface area contributed by atoms with Gasteiger partial charge in [0, 0.05) is 24.1 Å². The van der Waals surface area contributed by atoms with Crippen molar-refractivity contribution >= 4 is 10.7 Å². The van der Waals surface area contributed by atoms with Crippen LogP contribution in [0.15, 0.2) is 41.4 Å². The summed E-state index contributed by atoms with van der Waals surface area (Å²) in [5, 5.41) is 2.58. The van der Waals surface area contributed by atoms with Gasteiger partial charge >= 0.3 is 0 Å². The van der Waals surface area contributed by atoms with Crippen molar-refractivity contribution < 1.29 is 0 Å². The lowest BCUT2D eigenvalue weighted by molar-refractivity contribution is 0.272. The van der Waals surface area contributed by atoms with Crippen molar-refractivity contribution in [3.05, 3.63) is 47.0 Å². The molecule has 0 fully saturated rings. The Balaban J connectivity index is 2.16. The summed E-state index contributed by atoms with van der Waals surface area (Å²) >= 11 is 0. The first-order valence-corrected chi connectivity index (χ1v) is 8.93. The Morgan fingerprint density at radius 3 is 2.55 bits per heavy atom. The van der Waals surface area contributed by atoms with Gasteiger partial charge in [-0.05, 0) is 17.9 Å². The Morgan fingerprint density at radius 2 is 1.95 bits per heavy atom. The summed E-state index contributed by atoms with van der Waals surface area (Å²) in [5.41, 5.74) is 2.71. The third kappa shape index (κ3) is 3.51. The Kier molecular flexibility index (Phi) is 5.41. The van der Waals surface area contributed by atoms with Crippen molar-refractivity contribution in [1.82, 2.24) is 4.90 Å². The fourth-order valence-corrected chi connectivity index (χ4v) is 4.54. The van der Waals surface area contributed by atoms with Gasteiger partial charge in [0.2, 0.25) is 0 Å². The zero-order valence-electron chi connectivity index (χ0n) is 12.8. The van der Waals surface area contributed by atoms with E-state index in [2.05, 4.69) is 61.4 Å². The van der Waals surface area contributed by atoms with Crippen molar-refractivity contribution in [2.75, 3.05) is 6.54 Å². The lowest BCUT2D eigenvalue weighted by Crippen LogP contribution is -2.37. The van der Waals surface area contributed by atoms with Crippen LogP contribution in [-0.2, 0) is 17.1 Å². The van der Waals surface area contributed by atoms with Gasteiger partial charge in [0.05, 0.1) is 5.37 Å². The van der Waals surface area contributed by atoms with Gasteiger partial charge in [0.25, 0.3) is 0 Å². The molecule has 20 heavy (non-hydrogen) atoms. The average molecular weight is 290 g/mol. The van der Waals surface area contributed by atoms with Crippen LogP contribution in [0.25, 0.3) is 0 Å². The molecule has 1 heterocycles. The molecule has 1 aromatic rings. The van der Waals surface area contributed by atoms with Gasteiger partial charge in [-0.15, -0.1) is 0 Å². The second-order valence-corrected chi connectivity index (χ2v) is 7.29. The molecular weight excluding hydrogens is 264 g/mol. The summed E-state index contributed by atoms with van der Waals surface area (Å²) in [7, 11) is -0.364. The van der Waals surface area contributed by atoms with Crippen molar-refractivity contribution in [3.8, 4) is 0 Å². The Labute approximate surface area is 125 Å². The fraction of sp³-hybridized carbons (Fsp3) is 0.529. The highest BCUT2D eigenvalue weighted by molar-refractivity contribution is 7.89. The normalized spacial score (nSPS) is 22.4. The second kappa shape index (κ2) is 7.07. The van der Waals surface area contributed by atoms with Crippen LogP contribution < -0.4 is 0 Å². The molecule has 0 saturated carbocycles. The second-order valence-electron chi connectivity index (χ2n) is 5.82. The molecule has 1 aliphatic rings. The lowest BCUT2D eigenvalue weighted by atomic mass is 10.1. The highest BCUT2D eigenvalue weighted by atomic mass is 32.2. The van der Waals surface area contributed by atoms with E-state index in [0.717, 1.165) is 13.0 Å². The number of unbranched alkanes of at least 4 members (excludes halogenated alkanes) is 1.